The Bertz CT molecular complexity index is 1490. The van der Waals surface area contributed by atoms with Gasteiger partial charge in [-0.2, -0.15) is 13.2 Å². The lowest BCUT2D eigenvalue weighted by Gasteiger charge is -2.24. The minimum atomic E-state index is -4.72. The first-order valence-electron chi connectivity index (χ1n) is 13.0. The molecule has 3 N–H and O–H groups in total. The standard InChI is InChI=1S/C29H31F4N5O2S/c1-16(2)41-27(22-11-13-35-28(37-22)36-19-8-7-12-34-15-19)18(4)40-26-17(3)24(30)25(20-9-5-6-10-21(20)26)38-23(39)14-29(31,32)33/h5-6,9-11,13,19,34H,1,7-8,12,14-15H2,2-4H3,(H,38,39)(H,35,36,37)/b27-18+. The van der Waals surface area contributed by atoms with E-state index < -0.39 is 24.3 Å². The number of anilines is 2. The van der Waals surface area contributed by atoms with Gasteiger partial charge in [0.25, 0.3) is 0 Å². The predicted molar refractivity (Wildman–Crippen MR) is 155 cm³/mol. The number of aromatic nitrogens is 2. The van der Waals surface area contributed by atoms with Gasteiger partial charge in [0.2, 0.25) is 11.9 Å². The first-order valence-corrected chi connectivity index (χ1v) is 13.8. The van der Waals surface area contributed by atoms with Gasteiger partial charge >= 0.3 is 6.18 Å². The zero-order valence-corrected chi connectivity index (χ0v) is 23.7. The highest BCUT2D eigenvalue weighted by molar-refractivity contribution is 8.11. The number of carbonyl (C=O) groups excluding carboxylic acids is 1. The van der Waals surface area contributed by atoms with Crippen molar-refractivity contribution in [2.24, 2.45) is 0 Å². The third-order valence-electron chi connectivity index (χ3n) is 6.33. The zero-order valence-electron chi connectivity index (χ0n) is 22.9. The Labute approximate surface area is 239 Å². The van der Waals surface area contributed by atoms with Crippen molar-refractivity contribution in [1.29, 1.82) is 0 Å². The lowest BCUT2D eigenvalue weighted by Crippen LogP contribution is -2.38. The number of fused-ring (bicyclic) bond motifs is 1. The van der Waals surface area contributed by atoms with E-state index in [-0.39, 0.29) is 28.4 Å². The lowest BCUT2D eigenvalue weighted by molar-refractivity contribution is -0.150. The topological polar surface area (TPSA) is 88.2 Å². The van der Waals surface area contributed by atoms with Crippen LogP contribution < -0.4 is 20.7 Å². The number of carbonyl (C=O) groups is 1. The number of hydrogen-bond donors (Lipinski definition) is 3. The summed E-state index contributed by atoms with van der Waals surface area (Å²) < 4.78 is 60.1. The highest BCUT2D eigenvalue weighted by Crippen LogP contribution is 2.41. The number of rotatable bonds is 9. The minimum Gasteiger partial charge on any atom is -0.460 e. The fourth-order valence-electron chi connectivity index (χ4n) is 4.52. The zero-order chi connectivity index (χ0) is 29.7. The summed E-state index contributed by atoms with van der Waals surface area (Å²) in [6.45, 7) is 10.8. The average molecular weight is 590 g/mol. The second kappa shape index (κ2) is 12.9. The fourth-order valence-corrected chi connectivity index (χ4v) is 5.27. The molecule has 4 rings (SSSR count). The molecule has 0 spiro atoms. The molecule has 1 aliphatic rings. The summed E-state index contributed by atoms with van der Waals surface area (Å²) in [6.07, 6.45) is -2.76. The number of amides is 1. The molecule has 218 valence electrons. The Balaban J connectivity index is 1.73. The molecule has 2 heterocycles. The summed E-state index contributed by atoms with van der Waals surface area (Å²) in [6, 6.07) is 8.40. The van der Waals surface area contributed by atoms with Crippen molar-refractivity contribution in [3.05, 3.63) is 70.8 Å². The molecule has 12 heteroatoms. The fraction of sp³-hybridized carbons (Fsp3) is 0.345. The largest absolute Gasteiger partial charge is 0.460 e. The molecule has 7 nitrogen and oxygen atoms in total. The van der Waals surface area contributed by atoms with Gasteiger partial charge in [-0.05, 0) is 51.1 Å². The summed E-state index contributed by atoms with van der Waals surface area (Å²) in [5, 5.41) is 9.43. The molecule has 0 radical (unpaired) electrons. The Hall–Kier alpha value is -3.64. The predicted octanol–water partition coefficient (Wildman–Crippen LogP) is 7.17. The summed E-state index contributed by atoms with van der Waals surface area (Å²) in [5.41, 5.74) is 0.275. The summed E-state index contributed by atoms with van der Waals surface area (Å²) >= 11 is 1.34. The van der Waals surface area contributed by atoms with E-state index in [4.69, 9.17) is 9.72 Å². The van der Waals surface area contributed by atoms with Crippen LogP contribution in [-0.4, -0.2) is 41.2 Å². The van der Waals surface area contributed by atoms with Crippen molar-refractivity contribution in [3.8, 4) is 5.75 Å². The Morgan fingerprint density at radius 2 is 1.95 bits per heavy atom. The van der Waals surface area contributed by atoms with Crippen LogP contribution in [0.5, 0.6) is 5.75 Å². The van der Waals surface area contributed by atoms with Crippen LogP contribution in [0.15, 0.2) is 53.8 Å². The molecule has 2 aromatic carbocycles. The molecule has 0 bridgehead atoms. The number of thioether (sulfide) groups is 1. The molecular weight excluding hydrogens is 558 g/mol. The number of hydrogen-bond acceptors (Lipinski definition) is 7. The SMILES string of the molecule is C=C(C)S/C(=C(\C)Oc1c(C)c(F)c(NC(=O)CC(F)(F)F)c2ccccc12)c1ccnc(NC2CCCNC2)n1. The number of nitrogens with one attached hydrogen (secondary N) is 3. The van der Waals surface area contributed by atoms with Crippen LogP contribution in [0, 0.1) is 12.7 Å². The third kappa shape index (κ3) is 7.76. The number of piperidine rings is 1. The quantitative estimate of drug-likeness (QED) is 0.180. The molecular formula is C29H31F4N5O2S. The van der Waals surface area contributed by atoms with Gasteiger partial charge in [0.05, 0.1) is 16.3 Å². The van der Waals surface area contributed by atoms with Gasteiger partial charge in [-0.25, -0.2) is 14.4 Å². The molecule has 0 saturated carbocycles. The molecule has 1 saturated heterocycles. The van der Waals surface area contributed by atoms with Crippen LogP contribution in [-0.2, 0) is 4.79 Å². The molecule has 0 aliphatic carbocycles. The van der Waals surface area contributed by atoms with Gasteiger partial charge in [0.1, 0.15) is 17.9 Å². The molecule has 1 aromatic heterocycles. The van der Waals surface area contributed by atoms with E-state index >= 15 is 4.39 Å². The van der Waals surface area contributed by atoms with E-state index in [1.165, 1.54) is 24.8 Å². The molecule has 1 fully saturated rings. The number of ether oxygens (including phenoxy) is 1. The molecule has 1 amide bonds. The van der Waals surface area contributed by atoms with E-state index in [9.17, 15) is 18.0 Å². The third-order valence-corrected chi connectivity index (χ3v) is 7.37. The number of alkyl halides is 3. The normalized spacial score (nSPS) is 16.2. The van der Waals surface area contributed by atoms with Crippen LogP contribution in [0.3, 0.4) is 0 Å². The minimum absolute atomic E-state index is 0.0277. The highest BCUT2D eigenvalue weighted by Gasteiger charge is 2.32. The Kier molecular flexibility index (Phi) is 9.54. The molecule has 1 aliphatic heterocycles. The van der Waals surface area contributed by atoms with Crippen molar-refractivity contribution in [2.75, 3.05) is 23.7 Å². The first kappa shape index (κ1) is 30.3. The maximum absolute atomic E-state index is 15.6. The molecule has 1 unspecified atom stereocenters. The number of allylic oxidation sites excluding steroid dienone is 2. The van der Waals surface area contributed by atoms with Gasteiger partial charge in [-0.1, -0.05) is 42.6 Å². The molecule has 1 atom stereocenters. The summed E-state index contributed by atoms with van der Waals surface area (Å²) in [5.74, 6) is -1.20. The van der Waals surface area contributed by atoms with Crippen molar-refractivity contribution in [1.82, 2.24) is 15.3 Å². The van der Waals surface area contributed by atoms with Crippen molar-refractivity contribution in [3.63, 3.8) is 0 Å². The van der Waals surface area contributed by atoms with Crippen LogP contribution in [0.1, 0.15) is 44.4 Å². The van der Waals surface area contributed by atoms with E-state index in [2.05, 4.69) is 27.5 Å². The highest BCUT2D eigenvalue weighted by atomic mass is 32.2. The summed E-state index contributed by atoms with van der Waals surface area (Å²) in [4.78, 5) is 22.5. The second-order valence-corrected chi connectivity index (χ2v) is 11.1. The maximum Gasteiger partial charge on any atom is 0.397 e. The number of halogens is 4. The van der Waals surface area contributed by atoms with Gasteiger partial charge in [0, 0.05) is 35.1 Å². The van der Waals surface area contributed by atoms with Crippen LogP contribution in [0.25, 0.3) is 15.7 Å². The van der Waals surface area contributed by atoms with Gasteiger partial charge < -0.3 is 20.7 Å². The second-order valence-electron chi connectivity index (χ2n) is 9.77. The lowest BCUT2D eigenvalue weighted by atomic mass is 10.0. The van der Waals surface area contributed by atoms with Crippen LogP contribution in [0.2, 0.25) is 0 Å². The smallest absolute Gasteiger partial charge is 0.397 e. The Morgan fingerprint density at radius 1 is 1.22 bits per heavy atom. The van der Waals surface area contributed by atoms with Crippen molar-refractivity contribution in [2.45, 2.75) is 52.3 Å². The Morgan fingerprint density at radius 3 is 2.61 bits per heavy atom. The first-order chi connectivity index (χ1) is 19.4. The van der Waals surface area contributed by atoms with E-state index in [1.54, 1.807) is 37.4 Å². The molecule has 3 aromatic rings. The molecule has 41 heavy (non-hydrogen) atoms. The van der Waals surface area contributed by atoms with Crippen LogP contribution >= 0.6 is 11.8 Å². The van der Waals surface area contributed by atoms with Crippen molar-refractivity contribution < 1.29 is 27.1 Å². The van der Waals surface area contributed by atoms with Gasteiger partial charge in [-0.3, -0.25) is 4.79 Å². The maximum atomic E-state index is 15.6. The average Bonchev–Trinajstić information content (AvgIpc) is 2.91. The van der Waals surface area contributed by atoms with Gasteiger partial charge in [-0.15, -0.1) is 0 Å². The summed E-state index contributed by atoms with van der Waals surface area (Å²) in [7, 11) is 0. The van der Waals surface area contributed by atoms with E-state index in [0.717, 1.165) is 30.8 Å². The van der Waals surface area contributed by atoms with Crippen LogP contribution in [0.4, 0.5) is 29.2 Å². The van der Waals surface area contributed by atoms with Crippen molar-refractivity contribution >= 4 is 45.0 Å². The number of benzene rings is 2. The van der Waals surface area contributed by atoms with E-state index in [0.29, 0.717) is 27.7 Å². The monoisotopic (exact) mass is 589 g/mol. The van der Waals surface area contributed by atoms with Gasteiger partial charge in [0.15, 0.2) is 5.82 Å². The van der Waals surface area contributed by atoms with E-state index in [1.807, 2.05) is 6.92 Å². The number of nitrogens with zero attached hydrogens (tertiary/aromatic N) is 2.